The molecule has 0 saturated carbocycles. The molecule has 0 atom stereocenters. The van der Waals surface area contributed by atoms with Crippen LogP contribution in [0.25, 0.3) is 0 Å². The van der Waals surface area contributed by atoms with E-state index in [1.165, 1.54) is 18.2 Å². The number of hydrogen-bond acceptors (Lipinski definition) is 5. The van der Waals surface area contributed by atoms with E-state index in [4.69, 9.17) is 22.5 Å². The molecule has 0 radical (unpaired) electrons. The van der Waals surface area contributed by atoms with E-state index in [-0.39, 0.29) is 17.2 Å². The molecule has 9 heteroatoms. The van der Waals surface area contributed by atoms with Crippen LogP contribution in [0.1, 0.15) is 5.56 Å². The zero-order valence-electron chi connectivity index (χ0n) is 8.37. The minimum absolute atomic E-state index is 0.163. The quantitative estimate of drug-likeness (QED) is 0.321. The number of rotatable bonds is 3. The van der Waals surface area contributed by atoms with E-state index in [9.17, 15) is 10.1 Å². The Morgan fingerprint density at radius 3 is 2.94 bits per heavy atom. The van der Waals surface area contributed by atoms with Crippen molar-refractivity contribution in [2.45, 2.75) is 0 Å². The summed E-state index contributed by atoms with van der Waals surface area (Å²) in [7, 11) is 0. The molecule has 0 spiro atoms. The monoisotopic (exact) mass is 257 g/mol. The summed E-state index contributed by atoms with van der Waals surface area (Å²) in [4.78, 5) is 10.1. The van der Waals surface area contributed by atoms with Crippen molar-refractivity contribution in [1.82, 2.24) is 5.48 Å². The predicted octanol–water partition coefficient (Wildman–Crippen LogP) is 0.876. The number of nitrogens with zero attached hydrogens (tertiary/aromatic N) is 3. The average molecular weight is 258 g/mol. The first-order chi connectivity index (χ1) is 8.04. The van der Waals surface area contributed by atoms with Crippen LogP contribution in [0, 0.1) is 10.1 Å². The summed E-state index contributed by atoms with van der Waals surface area (Å²) in [5, 5.41) is 26.1. The van der Waals surface area contributed by atoms with Crippen LogP contribution in [0.15, 0.2) is 28.4 Å². The number of halogens is 1. The average Bonchev–Trinajstić information content (AvgIpc) is 2.28. The van der Waals surface area contributed by atoms with Gasteiger partial charge in [0.2, 0.25) is 5.96 Å². The molecule has 0 fully saturated rings. The molecule has 0 unspecified atom stereocenters. The van der Waals surface area contributed by atoms with Gasteiger partial charge < -0.3 is 5.73 Å². The summed E-state index contributed by atoms with van der Waals surface area (Å²) in [5.74, 6) is -0.342. The third-order valence-corrected chi connectivity index (χ3v) is 1.90. The molecule has 0 aliphatic carbocycles. The molecule has 0 bridgehead atoms. The number of nitrogens with one attached hydrogen (secondary N) is 1. The molecule has 4 N–H and O–H groups in total. The number of nitro groups is 1. The fraction of sp³-hybridized carbons (Fsp3) is 0. The van der Waals surface area contributed by atoms with Crippen molar-refractivity contribution in [2.24, 2.45) is 15.9 Å². The molecule has 17 heavy (non-hydrogen) atoms. The lowest BCUT2D eigenvalue weighted by molar-refractivity contribution is -0.385. The SMILES string of the molecule is NC(=N/N=C/c1cc(Cl)ccc1[N+](=O)[O-])NO. The Balaban J connectivity index is 3.04. The van der Waals surface area contributed by atoms with Crippen molar-refractivity contribution in [3.8, 4) is 0 Å². The van der Waals surface area contributed by atoms with Crippen molar-refractivity contribution < 1.29 is 10.1 Å². The van der Waals surface area contributed by atoms with E-state index in [0.717, 1.165) is 6.21 Å². The second-order valence-electron chi connectivity index (χ2n) is 2.80. The van der Waals surface area contributed by atoms with Gasteiger partial charge in [0.05, 0.1) is 16.7 Å². The molecular weight excluding hydrogens is 250 g/mol. The molecule has 0 aliphatic heterocycles. The molecule has 1 aromatic carbocycles. The highest BCUT2D eigenvalue weighted by Crippen LogP contribution is 2.20. The van der Waals surface area contributed by atoms with Crippen LogP contribution >= 0.6 is 11.6 Å². The standard InChI is InChI=1S/C8H8ClN5O3/c9-6-1-2-7(14(16)17)5(3-6)4-11-12-8(10)13-15/h1-4,15H,(H3,10,12,13)/b11-4+. The zero-order chi connectivity index (χ0) is 12.8. The van der Waals surface area contributed by atoms with Crippen molar-refractivity contribution >= 4 is 29.5 Å². The predicted molar refractivity (Wildman–Crippen MR) is 62.2 cm³/mol. The van der Waals surface area contributed by atoms with Crippen molar-refractivity contribution in [1.29, 1.82) is 0 Å². The molecule has 0 saturated heterocycles. The van der Waals surface area contributed by atoms with Crippen molar-refractivity contribution in [3.63, 3.8) is 0 Å². The van der Waals surface area contributed by atoms with E-state index in [1.807, 2.05) is 0 Å². The number of hydroxylamine groups is 1. The summed E-state index contributed by atoms with van der Waals surface area (Å²) in [6, 6.07) is 4.01. The number of nitro benzene ring substituents is 1. The zero-order valence-corrected chi connectivity index (χ0v) is 9.13. The van der Waals surface area contributed by atoms with Gasteiger partial charge in [-0.3, -0.25) is 15.3 Å². The number of benzene rings is 1. The maximum atomic E-state index is 10.7. The van der Waals surface area contributed by atoms with E-state index in [2.05, 4.69) is 10.2 Å². The highest BCUT2D eigenvalue weighted by molar-refractivity contribution is 6.31. The van der Waals surface area contributed by atoms with Gasteiger partial charge in [-0.15, -0.1) is 5.10 Å². The maximum absolute atomic E-state index is 10.7. The number of nitrogens with two attached hydrogens (primary N) is 1. The van der Waals surface area contributed by atoms with Crippen LogP contribution in [0.5, 0.6) is 0 Å². The first-order valence-electron chi connectivity index (χ1n) is 4.25. The Kier molecular flexibility index (Phi) is 4.37. The molecule has 1 rings (SSSR count). The topological polar surface area (TPSA) is 126 Å². The van der Waals surface area contributed by atoms with Gasteiger partial charge in [0.1, 0.15) is 0 Å². The first-order valence-corrected chi connectivity index (χ1v) is 4.63. The van der Waals surface area contributed by atoms with Gasteiger partial charge in [-0.2, -0.15) is 5.10 Å². The summed E-state index contributed by atoms with van der Waals surface area (Å²) >= 11 is 5.69. The first kappa shape index (κ1) is 12.9. The van der Waals surface area contributed by atoms with Gasteiger partial charge in [0.15, 0.2) is 0 Å². The van der Waals surface area contributed by atoms with Crippen LogP contribution in [0.3, 0.4) is 0 Å². The van der Waals surface area contributed by atoms with Crippen LogP contribution in [-0.4, -0.2) is 22.3 Å². The highest BCUT2D eigenvalue weighted by atomic mass is 35.5. The Morgan fingerprint density at radius 2 is 2.35 bits per heavy atom. The van der Waals surface area contributed by atoms with E-state index >= 15 is 0 Å². The summed E-state index contributed by atoms with van der Waals surface area (Å²) in [6.45, 7) is 0. The molecule has 1 aromatic rings. The second-order valence-corrected chi connectivity index (χ2v) is 3.24. The minimum Gasteiger partial charge on any atom is -0.367 e. The molecule has 8 nitrogen and oxygen atoms in total. The van der Waals surface area contributed by atoms with Crippen molar-refractivity contribution in [3.05, 3.63) is 38.9 Å². The smallest absolute Gasteiger partial charge is 0.278 e. The highest BCUT2D eigenvalue weighted by Gasteiger charge is 2.11. The van der Waals surface area contributed by atoms with Crippen LogP contribution in [0.4, 0.5) is 5.69 Å². The number of guanidine groups is 1. The van der Waals surface area contributed by atoms with E-state index in [1.54, 1.807) is 5.48 Å². The molecule has 0 heterocycles. The minimum atomic E-state index is -0.574. The van der Waals surface area contributed by atoms with E-state index in [0.29, 0.717) is 5.02 Å². The van der Waals surface area contributed by atoms with Gasteiger partial charge in [-0.25, -0.2) is 5.48 Å². The normalized spacial score (nSPS) is 11.8. The van der Waals surface area contributed by atoms with Gasteiger partial charge in [0, 0.05) is 11.1 Å². The fourth-order valence-electron chi connectivity index (χ4n) is 0.971. The lowest BCUT2D eigenvalue weighted by atomic mass is 10.2. The lowest BCUT2D eigenvalue weighted by Crippen LogP contribution is -2.27. The molecule has 0 aromatic heterocycles. The molecular formula is C8H8ClN5O3. The van der Waals surface area contributed by atoms with Gasteiger partial charge in [-0.05, 0) is 12.1 Å². The summed E-state index contributed by atoms with van der Waals surface area (Å²) in [5.41, 5.74) is 6.65. The van der Waals surface area contributed by atoms with Crippen molar-refractivity contribution in [2.75, 3.05) is 0 Å². The number of hydrogen-bond donors (Lipinski definition) is 3. The Hall–Kier alpha value is -2.19. The van der Waals surface area contributed by atoms with Crippen LogP contribution < -0.4 is 11.2 Å². The van der Waals surface area contributed by atoms with Crippen LogP contribution in [0.2, 0.25) is 5.02 Å². The summed E-state index contributed by atoms with van der Waals surface area (Å²) < 4.78 is 0. The molecule has 0 aliphatic rings. The molecule has 0 amide bonds. The largest absolute Gasteiger partial charge is 0.367 e. The van der Waals surface area contributed by atoms with Gasteiger partial charge in [-0.1, -0.05) is 11.6 Å². The molecule has 90 valence electrons. The van der Waals surface area contributed by atoms with Crippen LogP contribution in [-0.2, 0) is 0 Å². The maximum Gasteiger partial charge on any atom is 0.278 e. The lowest BCUT2D eigenvalue weighted by Gasteiger charge is -1.97. The Labute approximate surface area is 101 Å². The Bertz CT molecular complexity index is 488. The summed E-state index contributed by atoms with van der Waals surface area (Å²) in [6.07, 6.45) is 1.11. The van der Waals surface area contributed by atoms with Gasteiger partial charge in [0.25, 0.3) is 5.69 Å². The second kappa shape index (κ2) is 5.77. The third kappa shape index (κ3) is 3.70. The third-order valence-electron chi connectivity index (χ3n) is 1.66. The van der Waals surface area contributed by atoms with Gasteiger partial charge >= 0.3 is 0 Å². The Morgan fingerprint density at radius 1 is 1.65 bits per heavy atom. The van der Waals surface area contributed by atoms with E-state index < -0.39 is 4.92 Å². The fourth-order valence-corrected chi connectivity index (χ4v) is 1.15.